The molecule has 2 heterocycles. The molecule has 1 atom stereocenters. The predicted molar refractivity (Wildman–Crippen MR) is 79.5 cm³/mol. The van der Waals surface area contributed by atoms with Gasteiger partial charge in [-0.15, -0.1) is 0 Å². The molecule has 0 saturated heterocycles. The van der Waals surface area contributed by atoms with E-state index in [9.17, 15) is 0 Å². The van der Waals surface area contributed by atoms with E-state index in [0.717, 1.165) is 17.5 Å². The summed E-state index contributed by atoms with van der Waals surface area (Å²) in [5, 5.41) is 4.32. The summed E-state index contributed by atoms with van der Waals surface area (Å²) in [7, 11) is 0. The summed E-state index contributed by atoms with van der Waals surface area (Å²) in [5.41, 5.74) is 12.2. The molecule has 2 N–H and O–H groups in total. The summed E-state index contributed by atoms with van der Waals surface area (Å²) < 4.78 is 1.81. The smallest absolute Gasteiger partial charge is 0.0892 e. The molecule has 0 amide bonds. The van der Waals surface area contributed by atoms with Gasteiger partial charge in [0.25, 0.3) is 0 Å². The van der Waals surface area contributed by atoms with Crippen molar-refractivity contribution >= 4 is 5.52 Å². The van der Waals surface area contributed by atoms with Gasteiger partial charge in [-0.25, -0.2) is 4.52 Å². The van der Waals surface area contributed by atoms with E-state index in [2.05, 4.69) is 42.1 Å². The van der Waals surface area contributed by atoms with E-state index < -0.39 is 0 Å². The van der Waals surface area contributed by atoms with Crippen molar-refractivity contribution in [2.75, 3.05) is 0 Å². The van der Waals surface area contributed by atoms with Gasteiger partial charge in [0.2, 0.25) is 0 Å². The predicted octanol–water partition coefficient (Wildman–Crippen LogP) is 2.59. The zero-order valence-electron chi connectivity index (χ0n) is 11.7. The highest BCUT2D eigenvalue weighted by Gasteiger charge is 2.14. The van der Waals surface area contributed by atoms with Crippen LogP contribution >= 0.6 is 0 Å². The minimum absolute atomic E-state index is 0.0720. The molecule has 20 heavy (non-hydrogen) atoms. The van der Waals surface area contributed by atoms with Gasteiger partial charge in [0.05, 0.1) is 17.9 Å². The third kappa shape index (κ3) is 2.30. The van der Waals surface area contributed by atoms with Gasteiger partial charge in [-0.05, 0) is 31.4 Å². The minimum Gasteiger partial charge on any atom is -0.324 e. The van der Waals surface area contributed by atoms with E-state index >= 15 is 0 Å². The Kier molecular flexibility index (Phi) is 3.24. The van der Waals surface area contributed by atoms with Gasteiger partial charge in [0.1, 0.15) is 0 Å². The SMILES string of the molecule is Cc1ccc(C)c(CC(N)c2cnn3ccncc23)c1. The fourth-order valence-corrected chi connectivity index (χ4v) is 2.51. The van der Waals surface area contributed by atoms with Crippen molar-refractivity contribution in [2.45, 2.75) is 26.3 Å². The molecule has 0 bridgehead atoms. The van der Waals surface area contributed by atoms with Crippen LogP contribution in [0.1, 0.15) is 28.3 Å². The van der Waals surface area contributed by atoms with Crippen LogP contribution in [0.5, 0.6) is 0 Å². The number of aromatic nitrogens is 3. The van der Waals surface area contributed by atoms with Gasteiger partial charge in [-0.1, -0.05) is 23.8 Å². The van der Waals surface area contributed by atoms with Crippen LogP contribution in [0, 0.1) is 13.8 Å². The first-order valence-electron chi connectivity index (χ1n) is 6.74. The molecule has 0 saturated carbocycles. The molecule has 0 fully saturated rings. The third-order valence-electron chi connectivity index (χ3n) is 3.70. The molecule has 0 aliphatic carbocycles. The van der Waals surface area contributed by atoms with Gasteiger partial charge < -0.3 is 5.73 Å². The molecule has 0 aliphatic rings. The van der Waals surface area contributed by atoms with Gasteiger partial charge in [-0.3, -0.25) is 4.98 Å². The molecule has 0 radical (unpaired) electrons. The van der Waals surface area contributed by atoms with Gasteiger partial charge in [-0.2, -0.15) is 5.10 Å². The molecule has 3 rings (SSSR count). The lowest BCUT2D eigenvalue weighted by molar-refractivity contribution is 0.723. The van der Waals surface area contributed by atoms with Gasteiger partial charge >= 0.3 is 0 Å². The molecule has 1 aromatic carbocycles. The first-order valence-corrected chi connectivity index (χ1v) is 6.74. The maximum absolute atomic E-state index is 6.38. The molecular weight excluding hydrogens is 248 g/mol. The lowest BCUT2D eigenvalue weighted by Crippen LogP contribution is -2.14. The zero-order chi connectivity index (χ0) is 14.1. The summed E-state index contributed by atoms with van der Waals surface area (Å²) in [6.45, 7) is 4.23. The third-order valence-corrected chi connectivity index (χ3v) is 3.70. The number of nitrogens with two attached hydrogens (primary N) is 1. The maximum atomic E-state index is 6.38. The van der Waals surface area contributed by atoms with Crippen molar-refractivity contribution in [3.8, 4) is 0 Å². The van der Waals surface area contributed by atoms with Crippen molar-refractivity contribution in [1.29, 1.82) is 0 Å². The summed E-state index contributed by atoms with van der Waals surface area (Å²) in [6, 6.07) is 6.41. The molecule has 102 valence electrons. The summed E-state index contributed by atoms with van der Waals surface area (Å²) in [5.74, 6) is 0. The van der Waals surface area contributed by atoms with Crippen molar-refractivity contribution in [1.82, 2.24) is 14.6 Å². The van der Waals surface area contributed by atoms with Crippen LogP contribution in [0.2, 0.25) is 0 Å². The molecule has 1 unspecified atom stereocenters. The lowest BCUT2D eigenvalue weighted by atomic mass is 9.96. The van der Waals surface area contributed by atoms with Crippen LogP contribution in [0.4, 0.5) is 0 Å². The highest BCUT2D eigenvalue weighted by Crippen LogP contribution is 2.22. The van der Waals surface area contributed by atoms with E-state index in [1.165, 1.54) is 16.7 Å². The average molecular weight is 266 g/mol. The quantitative estimate of drug-likeness (QED) is 0.792. The molecule has 0 spiro atoms. The van der Waals surface area contributed by atoms with E-state index in [1.54, 1.807) is 6.20 Å². The molecule has 0 aliphatic heterocycles. The Labute approximate surface area is 118 Å². The number of hydrogen-bond donors (Lipinski definition) is 1. The molecular formula is C16H18N4. The number of hydrogen-bond acceptors (Lipinski definition) is 3. The zero-order valence-corrected chi connectivity index (χ0v) is 11.7. The first-order chi connectivity index (χ1) is 9.65. The van der Waals surface area contributed by atoms with Crippen LogP contribution in [0.15, 0.2) is 43.0 Å². The number of fused-ring (bicyclic) bond motifs is 1. The summed E-state index contributed by atoms with van der Waals surface area (Å²) in [6.07, 6.45) is 8.02. The maximum Gasteiger partial charge on any atom is 0.0892 e. The van der Waals surface area contributed by atoms with Crippen molar-refractivity contribution in [3.05, 3.63) is 65.2 Å². The van der Waals surface area contributed by atoms with Crippen molar-refractivity contribution < 1.29 is 0 Å². The van der Waals surface area contributed by atoms with E-state index in [0.29, 0.717) is 0 Å². The van der Waals surface area contributed by atoms with E-state index in [4.69, 9.17) is 5.73 Å². The van der Waals surface area contributed by atoms with Crippen LogP contribution in [0.3, 0.4) is 0 Å². The highest BCUT2D eigenvalue weighted by molar-refractivity contribution is 5.53. The number of aryl methyl sites for hydroxylation is 2. The fraction of sp³-hybridized carbons (Fsp3) is 0.250. The van der Waals surface area contributed by atoms with Crippen LogP contribution < -0.4 is 5.73 Å². The van der Waals surface area contributed by atoms with Gasteiger partial charge in [0.15, 0.2) is 0 Å². The monoisotopic (exact) mass is 266 g/mol. The Balaban J connectivity index is 1.93. The fourth-order valence-electron chi connectivity index (χ4n) is 2.51. The minimum atomic E-state index is -0.0720. The molecule has 4 heteroatoms. The molecule has 4 nitrogen and oxygen atoms in total. The second-order valence-corrected chi connectivity index (χ2v) is 5.25. The van der Waals surface area contributed by atoms with Crippen LogP contribution in [-0.4, -0.2) is 14.6 Å². The van der Waals surface area contributed by atoms with Crippen molar-refractivity contribution in [2.24, 2.45) is 5.73 Å². The molecule has 2 aromatic heterocycles. The summed E-state index contributed by atoms with van der Waals surface area (Å²) in [4.78, 5) is 4.15. The van der Waals surface area contributed by atoms with Crippen LogP contribution in [-0.2, 0) is 6.42 Å². The average Bonchev–Trinajstić information content (AvgIpc) is 2.87. The number of benzene rings is 1. The number of nitrogens with zero attached hydrogens (tertiary/aromatic N) is 3. The Morgan fingerprint density at radius 1 is 1.25 bits per heavy atom. The van der Waals surface area contributed by atoms with E-state index in [-0.39, 0.29) is 6.04 Å². The van der Waals surface area contributed by atoms with Crippen LogP contribution in [0.25, 0.3) is 5.52 Å². The topological polar surface area (TPSA) is 56.2 Å². The van der Waals surface area contributed by atoms with Crippen molar-refractivity contribution in [3.63, 3.8) is 0 Å². The lowest BCUT2D eigenvalue weighted by Gasteiger charge is -2.13. The Hall–Kier alpha value is -2.20. The Morgan fingerprint density at radius 3 is 2.95 bits per heavy atom. The Morgan fingerprint density at radius 2 is 2.10 bits per heavy atom. The largest absolute Gasteiger partial charge is 0.324 e. The molecule has 3 aromatic rings. The first kappa shape index (κ1) is 12.8. The van der Waals surface area contributed by atoms with Gasteiger partial charge in [0, 0.05) is 24.0 Å². The number of rotatable bonds is 3. The van der Waals surface area contributed by atoms with E-state index in [1.807, 2.05) is 23.1 Å². The standard InChI is InChI=1S/C16H18N4/c1-11-3-4-12(2)13(7-11)8-15(17)14-9-19-20-6-5-18-10-16(14)20/h3-7,9-10,15H,8,17H2,1-2H3. The summed E-state index contributed by atoms with van der Waals surface area (Å²) >= 11 is 0. The second kappa shape index (κ2) is 5.06. The normalized spacial score (nSPS) is 12.8. The highest BCUT2D eigenvalue weighted by atomic mass is 15.2. The second-order valence-electron chi connectivity index (χ2n) is 5.25. The Bertz CT molecular complexity index is 745.